The molecule has 7 heteroatoms. The first-order valence-corrected chi connectivity index (χ1v) is 10.1. The Morgan fingerprint density at radius 1 is 0.967 bits per heavy atom. The molecule has 1 aliphatic heterocycles. The summed E-state index contributed by atoms with van der Waals surface area (Å²) in [4.78, 5) is 36.2. The van der Waals surface area contributed by atoms with Crippen LogP contribution in [0.15, 0.2) is 54.6 Å². The zero-order valence-corrected chi connectivity index (χ0v) is 16.9. The SMILES string of the molecule is O=CNc1ccc(OCC(=O)N2CCN(C=O)CC2)cc1.c1ccc(C2CC2)cc1. The fourth-order valence-corrected chi connectivity index (χ4v) is 3.17. The van der Waals surface area contributed by atoms with E-state index in [9.17, 15) is 14.4 Å². The number of carbonyl (C=O) groups is 3. The molecule has 3 amide bonds. The van der Waals surface area contributed by atoms with Crippen molar-refractivity contribution in [3.05, 3.63) is 60.2 Å². The Balaban J connectivity index is 0.000000234. The Morgan fingerprint density at radius 3 is 2.20 bits per heavy atom. The lowest BCUT2D eigenvalue weighted by Crippen LogP contribution is -2.49. The Labute approximate surface area is 176 Å². The summed E-state index contributed by atoms with van der Waals surface area (Å²) in [5.74, 6) is 1.37. The van der Waals surface area contributed by atoms with Crippen molar-refractivity contribution >= 4 is 24.4 Å². The molecule has 0 radical (unpaired) electrons. The molecule has 1 aliphatic carbocycles. The van der Waals surface area contributed by atoms with Crippen LogP contribution >= 0.6 is 0 Å². The highest BCUT2D eigenvalue weighted by atomic mass is 16.5. The fourth-order valence-electron chi connectivity index (χ4n) is 3.17. The van der Waals surface area contributed by atoms with Crippen LogP contribution in [0.2, 0.25) is 0 Å². The third-order valence-corrected chi connectivity index (χ3v) is 5.11. The molecule has 158 valence electrons. The van der Waals surface area contributed by atoms with Crippen molar-refractivity contribution in [3.63, 3.8) is 0 Å². The molecular weight excluding hydrogens is 382 g/mol. The van der Waals surface area contributed by atoms with Gasteiger partial charge in [-0.25, -0.2) is 0 Å². The quantitative estimate of drug-likeness (QED) is 0.713. The Morgan fingerprint density at radius 2 is 1.63 bits per heavy atom. The fraction of sp³-hybridized carbons (Fsp3) is 0.348. The third-order valence-electron chi connectivity index (χ3n) is 5.11. The zero-order chi connectivity index (χ0) is 21.2. The molecule has 1 heterocycles. The van der Waals surface area contributed by atoms with E-state index in [-0.39, 0.29) is 12.5 Å². The summed E-state index contributed by atoms with van der Waals surface area (Å²) < 4.78 is 5.42. The first-order valence-electron chi connectivity index (χ1n) is 10.1. The molecule has 7 nitrogen and oxygen atoms in total. The number of hydrogen-bond donors (Lipinski definition) is 1. The lowest BCUT2D eigenvalue weighted by molar-refractivity contribution is -0.137. The third kappa shape index (κ3) is 6.62. The van der Waals surface area contributed by atoms with Crippen LogP contribution in [-0.4, -0.2) is 61.3 Å². The molecule has 0 atom stereocenters. The minimum atomic E-state index is -0.101. The lowest BCUT2D eigenvalue weighted by Gasteiger charge is -2.32. The van der Waals surface area contributed by atoms with Crippen molar-refractivity contribution in [2.24, 2.45) is 0 Å². The molecule has 2 fully saturated rings. The standard InChI is InChI=1S/C14H17N3O4.C9H10/c18-10-15-12-1-3-13(4-2-12)21-9-14(20)17-7-5-16(11-19)6-8-17;1-2-4-8(5-3-1)9-6-7-9/h1-4,10-11H,5-9H2,(H,15,18);1-5,9H,6-7H2. The zero-order valence-electron chi connectivity index (χ0n) is 16.9. The van der Waals surface area contributed by atoms with Gasteiger partial charge in [-0.05, 0) is 48.6 Å². The van der Waals surface area contributed by atoms with Gasteiger partial charge >= 0.3 is 0 Å². The Bertz CT molecular complexity index is 814. The highest BCUT2D eigenvalue weighted by Gasteiger charge is 2.22. The van der Waals surface area contributed by atoms with Gasteiger partial charge in [0.25, 0.3) is 5.91 Å². The first-order chi connectivity index (χ1) is 14.7. The van der Waals surface area contributed by atoms with Gasteiger partial charge in [0, 0.05) is 31.9 Å². The number of benzene rings is 2. The summed E-state index contributed by atoms with van der Waals surface area (Å²) in [6.45, 7) is 2.14. The van der Waals surface area contributed by atoms with Gasteiger partial charge in [0.15, 0.2) is 6.61 Å². The van der Waals surface area contributed by atoms with Crippen LogP contribution in [0.4, 0.5) is 5.69 Å². The number of hydrogen-bond acceptors (Lipinski definition) is 4. The molecule has 4 rings (SSSR count). The Kier molecular flexibility index (Phi) is 7.83. The number of anilines is 1. The van der Waals surface area contributed by atoms with Crippen LogP contribution in [-0.2, 0) is 14.4 Å². The molecule has 1 saturated heterocycles. The van der Waals surface area contributed by atoms with Crippen LogP contribution in [0, 0.1) is 0 Å². The van der Waals surface area contributed by atoms with Gasteiger partial charge in [-0.1, -0.05) is 30.3 Å². The predicted molar refractivity (Wildman–Crippen MR) is 114 cm³/mol. The van der Waals surface area contributed by atoms with Crippen LogP contribution in [0.1, 0.15) is 24.3 Å². The first kappa shape index (κ1) is 21.4. The van der Waals surface area contributed by atoms with E-state index in [4.69, 9.17) is 4.74 Å². The number of carbonyl (C=O) groups excluding carboxylic acids is 3. The number of piperazine rings is 1. The molecule has 1 saturated carbocycles. The van der Waals surface area contributed by atoms with Gasteiger partial charge in [0.1, 0.15) is 5.75 Å². The molecule has 0 aromatic heterocycles. The van der Waals surface area contributed by atoms with Crippen LogP contribution in [0.5, 0.6) is 5.75 Å². The van der Waals surface area contributed by atoms with Gasteiger partial charge in [0.05, 0.1) is 0 Å². The van der Waals surface area contributed by atoms with E-state index in [1.807, 2.05) is 0 Å². The monoisotopic (exact) mass is 409 g/mol. The average molecular weight is 409 g/mol. The number of rotatable bonds is 7. The topological polar surface area (TPSA) is 79.0 Å². The minimum Gasteiger partial charge on any atom is -0.484 e. The van der Waals surface area contributed by atoms with E-state index in [2.05, 4.69) is 35.6 Å². The summed E-state index contributed by atoms with van der Waals surface area (Å²) >= 11 is 0. The van der Waals surface area contributed by atoms with E-state index >= 15 is 0 Å². The summed E-state index contributed by atoms with van der Waals surface area (Å²) in [6.07, 6.45) is 4.21. The lowest BCUT2D eigenvalue weighted by atomic mass is 10.1. The van der Waals surface area contributed by atoms with E-state index in [1.54, 1.807) is 34.1 Å². The summed E-state index contributed by atoms with van der Waals surface area (Å²) in [6, 6.07) is 17.5. The van der Waals surface area contributed by atoms with E-state index < -0.39 is 0 Å². The largest absolute Gasteiger partial charge is 0.484 e. The number of nitrogens with one attached hydrogen (secondary N) is 1. The van der Waals surface area contributed by atoms with Gasteiger partial charge in [-0.15, -0.1) is 0 Å². The number of amides is 3. The van der Waals surface area contributed by atoms with Gasteiger partial charge in [-0.3, -0.25) is 14.4 Å². The van der Waals surface area contributed by atoms with Crippen molar-refractivity contribution in [3.8, 4) is 5.75 Å². The molecule has 2 aromatic rings. The van der Waals surface area contributed by atoms with Crippen molar-refractivity contribution in [1.82, 2.24) is 9.80 Å². The van der Waals surface area contributed by atoms with Crippen LogP contribution in [0.25, 0.3) is 0 Å². The maximum atomic E-state index is 12.0. The molecular formula is C23H27N3O4. The van der Waals surface area contributed by atoms with E-state index in [0.29, 0.717) is 44.0 Å². The second-order valence-corrected chi connectivity index (χ2v) is 7.28. The number of nitrogens with zero attached hydrogens (tertiary/aromatic N) is 2. The van der Waals surface area contributed by atoms with Crippen molar-refractivity contribution in [1.29, 1.82) is 0 Å². The van der Waals surface area contributed by atoms with E-state index in [1.165, 1.54) is 18.4 Å². The second kappa shape index (κ2) is 11.0. The summed E-state index contributed by atoms with van der Waals surface area (Å²) in [5.41, 5.74) is 2.19. The highest BCUT2D eigenvalue weighted by molar-refractivity contribution is 5.78. The summed E-state index contributed by atoms with van der Waals surface area (Å²) in [5, 5.41) is 2.52. The van der Waals surface area contributed by atoms with Gasteiger partial charge in [0.2, 0.25) is 12.8 Å². The van der Waals surface area contributed by atoms with Crippen LogP contribution in [0.3, 0.4) is 0 Å². The van der Waals surface area contributed by atoms with E-state index in [0.717, 1.165) is 12.3 Å². The summed E-state index contributed by atoms with van der Waals surface area (Å²) in [7, 11) is 0. The van der Waals surface area contributed by atoms with Gasteiger partial charge in [-0.2, -0.15) is 0 Å². The highest BCUT2D eigenvalue weighted by Crippen LogP contribution is 2.39. The Hall–Kier alpha value is -3.35. The maximum Gasteiger partial charge on any atom is 0.260 e. The molecule has 1 N–H and O–H groups in total. The predicted octanol–water partition coefficient (Wildman–Crippen LogP) is 2.50. The molecule has 0 unspecified atom stereocenters. The average Bonchev–Trinajstić information content (AvgIpc) is 3.65. The van der Waals surface area contributed by atoms with Crippen LogP contribution < -0.4 is 10.1 Å². The van der Waals surface area contributed by atoms with Crippen molar-refractivity contribution in [2.75, 3.05) is 38.1 Å². The molecule has 0 bridgehead atoms. The number of ether oxygens (including phenoxy) is 1. The van der Waals surface area contributed by atoms with Gasteiger partial charge < -0.3 is 19.9 Å². The minimum absolute atomic E-state index is 0.0401. The normalized spacial score (nSPS) is 15.5. The molecule has 30 heavy (non-hydrogen) atoms. The van der Waals surface area contributed by atoms with Crippen molar-refractivity contribution in [2.45, 2.75) is 18.8 Å². The van der Waals surface area contributed by atoms with Crippen molar-refractivity contribution < 1.29 is 19.1 Å². The molecule has 2 aromatic carbocycles. The maximum absolute atomic E-state index is 12.0. The molecule has 2 aliphatic rings. The smallest absolute Gasteiger partial charge is 0.260 e. The second-order valence-electron chi connectivity index (χ2n) is 7.28. The molecule has 0 spiro atoms.